The van der Waals surface area contributed by atoms with Gasteiger partial charge in [0, 0.05) is 34.4 Å². The van der Waals surface area contributed by atoms with Gasteiger partial charge in [0.25, 0.3) is 0 Å². The molecule has 0 radical (unpaired) electrons. The Labute approximate surface area is 853 Å². The summed E-state index contributed by atoms with van der Waals surface area (Å²) in [5.74, 6) is -3.66. The molecule has 147 heavy (non-hydrogen) atoms. The lowest BCUT2D eigenvalue weighted by Gasteiger charge is -2.22. The van der Waals surface area contributed by atoms with E-state index >= 15 is 26.3 Å². The van der Waals surface area contributed by atoms with Crippen LogP contribution in [-0.4, -0.2) is 75.5 Å². The van der Waals surface area contributed by atoms with Crippen LogP contribution >= 0.6 is 0 Å². The molecule has 0 saturated carbocycles. The summed E-state index contributed by atoms with van der Waals surface area (Å²) < 4.78 is 240. The number of carbonyl (C=O) groups excluding carboxylic acids is 6. The van der Waals surface area contributed by atoms with Gasteiger partial charge in [-0.1, -0.05) is 164 Å². The highest BCUT2D eigenvalue weighted by atomic mass is 19.3. The second-order valence-corrected chi connectivity index (χ2v) is 35.7. The fourth-order valence-electron chi connectivity index (χ4n) is 14.4. The van der Waals surface area contributed by atoms with E-state index in [0.717, 1.165) is 154 Å². The molecule has 9 rings (SSSR count). The second-order valence-electron chi connectivity index (χ2n) is 35.7. The van der Waals surface area contributed by atoms with Crippen molar-refractivity contribution in [3.63, 3.8) is 0 Å². The fourth-order valence-corrected chi connectivity index (χ4v) is 14.4. The molecule has 0 saturated heterocycles. The summed E-state index contributed by atoms with van der Waals surface area (Å²) in [4.78, 5) is 67.6. The van der Waals surface area contributed by atoms with Gasteiger partial charge in [0.15, 0.2) is 0 Å². The largest absolute Gasteiger partial charge is 0.463 e. The second kappa shape index (κ2) is 60.3. The third-order valence-corrected chi connectivity index (χ3v) is 22.9. The number of aryl methyl sites for hydroxylation is 9. The SMILES string of the molecule is C=C(C)C(=O)OCCCCCCc1ccc(C(F)(F)Oc2ccc(OC(F)(F)c3ccc(CCCCCCOC(=O)C(=C)C)cc3)c(C)c2)cc1.C=C(C)C(=O)OCCCCc1ccc(C(F)(F)Oc2ccc(OC(F)(F)c3ccc(CCCCOC(=O)C(=C)C)cc3)c(C)c2)cc1.C=CC(=O)OCCCCCCc1ccc(C(F)(F)Oc2ccc(OC(F)(F)c3ccc(CCCCCCOC(=O)C=C)cc3)c(C)c2)cc1. The summed E-state index contributed by atoms with van der Waals surface area (Å²) in [7, 11) is 0. The summed E-state index contributed by atoms with van der Waals surface area (Å²) >= 11 is 0. The molecule has 30 heteroatoms. The van der Waals surface area contributed by atoms with Crippen molar-refractivity contribution < 1.29 is 138 Å². The van der Waals surface area contributed by atoms with Crippen LogP contribution < -0.4 is 28.4 Å². The van der Waals surface area contributed by atoms with E-state index in [-0.39, 0.29) is 97.8 Å². The smallest absolute Gasteiger partial charge is 0.426 e. The maximum absolute atomic E-state index is 15.1. The molecule has 792 valence electrons. The van der Waals surface area contributed by atoms with Gasteiger partial charge in [0.05, 0.1) is 73.0 Å². The van der Waals surface area contributed by atoms with Gasteiger partial charge in [-0.25, -0.2) is 28.8 Å². The van der Waals surface area contributed by atoms with Crippen molar-refractivity contribution in [3.05, 3.63) is 358 Å². The first-order chi connectivity index (χ1) is 69.8. The number of alkyl halides is 12. The third kappa shape index (κ3) is 43.4. The summed E-state index contributed by atoms with van der Waals surface area (Å²) in [5.41, 5.74) is 5.23. The summed E-state index contributed by atoms with van der Waals surface area (Å²) in [6.07, 6.45) is 0.579. The van der Waals surface area contributed by atoms with Crippen LogP contribution in [0.5, 0.6) is 34.5 Å². The number of esters is 6. The van der Waals surface area contributed by atoms with Crippen LogP contribution in [0, 0.1) is 20.8 Å². The van der Waals surface area contributed by atoms with Crippen molar-refractivity contribution in [2.24, 2.45) is 0 Å². The lowest BCUT2D eigenvalue weighted by atomic mass is 10.0. The van der Waals surface area contributed by atoms with Crippen LogP contribution in [0.3, 0.4) is 0 Å². The maximum Gasteiger partial charge on any atom is 0.426 e. The molecule has 0 aliphatic rings. The highest BCUT2D eigenvalue weighted by Gasteiger charge is 2.41. The zero-order chi connectivity index (χ0) is 108. The van der Waals surface area contributed by atoms with E-state index < -0.39 is 72.5 Å². The number of hydrogen-bond donors (Lipinski definition) is 0. The molecule has 0 bridgehead atoms. The zero-order valence-electron chi connectivity index (χ0n) is 84.5. The minimum absolute atomic E-state index is 0.161. The first-order valence-electron chi connectivity index (χ1n) is 49.0. The topological polar surface area (TPSA) is 213 Å². The van der Waals surface area contributed by atoms with Crippen LogP contribution in [0.15, 0.2) is 274 Å². The van der Waals surface area contributed by atoms with Crippen molar-refractivity contribution in [3.8, 4) is 34.5 Å². The van der Waals surface area contributed by atoms with Crippen molar-refractivity contribution >= 4 is 35.8 Å². The van der Waals surface area contributed by atoms with E-state index in [1.807, 2.05) is 0 Å². The van der Waals surface area contributed by atoms with Gasteiger partial charge in [-0.2, -0.15) is 52.7 Å². The van der Waals surface area contributed by atoms with Crippen LogP contribution in [-0.2, 0) is 132 Å². The summed E-state index contributed by atoms with van der Waals surface area (Å²) in [6.45, 7) is 33.4. The molecule has 0 atom stereocenters. The Kier molecular flexibility index (Phi) is 49.3. The first kappa shape index (κ1) is 120. The minimum Gasteiger partial charge on any atom is -0.463 e. The van der Waals surface area contributed by atoms with E-state index in [1.165, 1.54) is 142 Å². The van der Waals surface area contributed by atoms with E-state index in [0.29, 0.717) is 113 Å². The van der Waals surface area contributed by atoms with Gasteiger partial charge < -0.3 is 56.8 Å². The highest BCUT2D eigenvalue weighted by Crippen LogP contribution is 2.43. The molecule has 0 aromatic heterocycles. The molecule has 0 fully saturated rings. The molecule has 0 heterocycles. The van der Waals surface area contributed by atoms with E-state index in [1.54, 1.807) is 100 Å². The number of rotatable bonds is 62. The molecule has 9 aromatic rings. The maximum atomic E-state index is 15.1. The molecule has 0 spiro atoms. The van der Waals surface area contributed by atoms with E-state index in [9.17, 15) is 55.1 Å². The van der Waals surface area contributed by atoms with Crippen molar-refractivity contribution in [1.82, 2.24) is 0 Å². The predicted octanol–water partition coefficient (Wildman–Crippen LogP) is 29.7. The van der Waals surface area contributed by atoms with Gasteiger partial charge >= 0.3 is 72.5 Å². The molecule has 0 aliphatic heterocycles. The zero-order valence-corrected chi connectivity index (χ0v) is 84.5. The van der Waals surface area contributed by atoms with Crippen LogP contribution in [0.1, 0.15) is 240 Å². The van der Waals surface area contributed by atoms with E-state index in [2.05, 4.69) is 39.5 Å². The number of benzene rings is 9. The number of hydrogen-bond acceptors (Lipinski definition) is 18. The number of ether oxygens (including phenoxy) is 12. The lowest BCUT2D eigenvalue weighted by Crippen LogP contribution is -2.23. The molecular formula is C117H132F12O18. The number of halogens is 12. The van der Waals surface area contributed by atoms with Gasteiger partial charge in [-0.05, 0) is 342 Å². The highest BCUT2D eigenvalue weighted by molar-refractivity contribution is 5.88. The Balaban J connectivity index is 0.000000299. The summed E-state index contributed by atoms with van der Waals surface area (Å²) in [5, 5.41) is 0. The van der Waals surface area contributed by atoms with Crippen LogP contribution in [0.4, 0.5) is 52.7 Å². The number of unbranched alkanes of at least 4 members (excludes halogenated alkanes) is 14. The molecule has 0 amide bonds. The van der Waals surface area contributed by atoms with Gasteiger partial charge in [0.1, 0.15) is 34.5 Å². The Hall–Kier alpha value is -13.8. The minimum atomic E-state index is -3.68. The normalized spacial score (nSPS) is 11.5. The fraction of sp³-hybridized carbons (Fsp3) is 0.385. The monoisotopic (exact) mass is 2050 g/mol. The van der Waals surface area contributed by atoms with Crippen LogP contribution in [0.2, 0.25) is 0 Å². The standard InChI is InChI=1S/C41H48F4O6.C39H44F4O6.C37H40F4O6/c1-29(2)38(46)48-26-12-8-6-10-14-32-16-20-34(21-17-32)40(42,43)50-36-24-25-37(31(5)28-36)51-41(44,45)35-22-18-33(19-23-35)15-11-7-9-13-27-49-39(47)30(3)4;1-4-36(44)46-26-12-8-6-10-14-30-16-20-32(21-17-30)38(40,41)48-34-24-25-35(29(3)28-34)49-39(42,43)33-22-18-31(19-23-33)15-11-7-9-13-27-47-37(45)5-2;1-25(2)34(42)44-22-8-6-10-28-12-16-30(17-13-28)36(38,39)46-32-20-21-33(27(5)24-32)47-37(40,41)31-18-14-29(15-19-31)11-7-9-23-45-35(43)26(3)4/h16-25,28H,1,3,6-15,26-27H2,2,4-5H3;4-5,16-25,28H,1-2,6-15,26-27H2,3H3;12-21,24H,1,3,6-11,22-23H2,2,4-5H3. The lowest BCUT2D eigenvalue weighted by molar-refractivity contribution is -0.188. The molecule has 9 aromatic carbocycles. The van der Waals surface area contributed by atoms with Crippen molar-refractivity contribution in [1.29, 1.82) is 0 Å². The van der Waals surface area contributed by atoms with E-state index in [4.69, 9.17) is 56.8 Å². The Bertz CT molecular complexity index is 5750. The first-order valence-corrected chi connectivity index (χ1v) is 49.0. The van der Waals surface area contributed by atoms with Crippen LogP contribution in [0.25, 0.3) is 0 Å². The average molecular weight is 2050 g/mol. The van der Waals surface area contributed by atoms with Gasteiger partial charge in [-0.3, -0.25) is 0 Å². The molecule has 0 aliphatic carbocycles. The molecule has 0 N–H and O–H groups in total. The molecule has 0 unspecified atom stereocenters. The predicted molar refractivity (Wildman–Crippen MR) is 539 cm³/mol. The Morgan fingerprint density at radius 2 is 0.395 bits per heavy atom. The van der Waals surface area contributed by atoms with Gasteiger partial charge in [0.2, 0.25) is 0 Å². The molecule has 18 nitrogen and oxygen atoms in total. The number of carbonyl (C=O) groups is 6. The average Bonchev–Trinajstić information content (AvgIpc) is 0.810. The summed E-state index contributed by atoms with van der Waals surface area (Å²) in [6, 6.07) is 45.7. The van der Waals surface area contributed by atoms with Crippen molar-refractivity contribution in [2.45, 2.75) is 252 Å². The van der Waals surface area contributed by atoms with Gasteiger partial charge in [-0.15, -0.1) is 0 Å². The molecular weight excluding hydrogens is 1920 g/mol. The Morgan fingerprint density at radius 3 is 0.571 bits per heavy atom. The quantitative estimate of drug-likeness (QED) is 0.0114. The Morgan fingerprint density at radius 1 is 0.231 bits per heavy atom. The van der Waals surface area contributed by atoms with Crippen molar-refractivity contribution in [2.75, 3.05) is 39.6 Å². The third-order valence-electron chi connectivity index (χ3n) is 22.9.